The van der Waals surface area contributed by atoms with Crippen LogP contribution in [0, 0.1) is 19.7 Å². The number of rotatable bonds is 7. The van der Waals surface area contributed by atoms with Gasteiger partial charge in [-0.15, -0.1) is 0 Å². The number of pyridine rings is 1. The molecule has 0 bridgehead atoms. The van der Waals surface area contributed by atoms with E-state index in [1.54, 1.807) is 24.4 Å². The number of thiocarbonyl (C=S) groups is 1. The van der Waals surface area contributed by atoms with Gasteiger partial charge in [0, 0.05) is 35.0 Å². The van der Waals surface area contributed by atoms with E-state index < -0.39 is 5.82 Å². The number of amides is 1. The van der Waals surface area contributed by atoms with Gasteiger partial charge in [-0.25, -0.2) is 4.39 Å². The number of anilines is 1. The molecule has 4 aromatic rings. The third kappa shape index (κ3) is 5.08. The van der Waals surface area contributed by atoms with Crippen LogP contribution in [0.5, 0.6) is 0 Å². The number of aryl methyl sites for hydroxylation is 1. The maximum atomic E-state index is 14.1. The fourth-order valence-corrected chi connectivity index (χ4v) is 5.87. The average Bonchev–Trinajstić information content (AvgIpc) is 3.39. The average molecular weight is 593 g/mol. The molecular formula is C29H27BrFN5OS. The van der Waals surface area contributed by atoms with Crippen molar-refractivity contribution in [2.45, 2.75) is 32.4 Å². The summed E-state index contributed by atoms with van der Waals surface area (Å²) in [4.78, 5) is 19.4. The Labute approximate surface area is 235 Å². The highest BCUT2D eigenvalue weighted by Crippen LogP contribution is 2.42. The standard InChI is InChI=1S/C29H27BrFN5OS/c1-18-17-20(19(2)36(18)25-13-6-3-9-21(25)30)28-27(24-12-7-8-15-32-24)34-29(38)35(28)16-14-26(37)33-23-11-5-4-10-22(23)31/h3-13,15,17,27-28H,14,16H2,1-2H3,(H,33,37)(H,34,38)/t27-,28-/m0/s1. The molecule has 0 spiro atoms. The molecule has 9 heteroatoms. The predicted molar refractivity (Wildman–Crippen MR) is 155 cm³/mol. The molecule has 0 unspecified atom stereocenters. The van der Waals surface area contributed by atoms with E-state index in [0.717, 1.165) is 32.8 Å². The maximum Gasteiger partial charge on any atom is 0.226 e. The van der Waals surface area contributed by atoms with Crippen LogP contribution in [0.25, 0.3) is 5.69 Å². The molecule has 0 saturated carbocycles. The Balaban J connectivity index is 1.48. The lowest BCUT2D eigenvalue weighted by Crippen LogP contribution is -2.33. The first-order valence-electron chi connectivity index (χ1n) is 12.3. The maximum absolute atomic E-state index is 14.1. The van der Waals surface area contributed by atoms with E-state index in [2.05, 4.69) is 62.1 Å². The molecular weight excluding hydrogens is 565 g/mol. The Kier molecular flexibility index (Phi) is 7.58. The number of para-hydroxylation sites is 2. The Morgan fingerprint density at radius 1 is 1.11 bits per heavy atom. The fraction of sp³-hybridized carbons (Fsp3) is 0.207. The summed E-state index contributed by atoms with van der Waals surface area (Å²) in [5.41, 5.74) is 5.33. The van der Waals surface area contributed by atoms with Crippen LogP contribution in [-0.4, -0.2) is 32.0 Å². The molecule has 1 aliphatic heterocycles. The van der Waals surface area contributed by atoms with Crippen LogP contribution in [0.3, 0.4) is 0 Å². The van der Waals surface area contributed by atoms with E-state index in [-0.39, 0.29) is 30.1 Å². The van der Waals surface area contributed by atoms with Gasteiger partial charge in [0.15, 0.2) is 5.11 Å². The number of nitrogens with one attached hydrogen (secondary N) is 2. The van der Waals surface area contributed by atoms with Crippen molar-refractivity contribution in [1.29, 1.82) is 0 Å². The second-order valence-electron chi connectivity index (χ2n) is 9.21. The second-order valence-corrected chi connectivity index (χ2v) is 10.5. The zero-order chi connectivity index (χ0) is 26.8. The van der Waals surface area contributed by atoms with Crippen molar-refractivity contribution in [3.8, 4) is 5.69 Å². The molecule has 0 radical (unpaired) electrons. The summed E-state index contributed by atoms with van der Waals surface area (Å²) in [6.07, 6.45) is 1.91. The van der Waals surface area contributed by atoms with Gasteiger partial charge in [-0.3, -0.25) is 9.78 Å². The van der Waals surface area contributed by atoms with Gasteiger partial charge in [0.25, 0.3) is 0 Å². The van der Waals surface area contributed by atoms with Gasteiger partial charge in [-0.2, -0.15) is 0 Å². The molecule has 3 heterocycles. The number of hydrogen-bond donors (Lipinski definition) is 2. The summed E-state index contributed by atoms with van der Waals surface area (Å²) < 4.78 is 17.3. The predicted octanol–water partition coefficient (Wildman–Crippen LogP) is 6.39. The molecule has 38 heavy (non-hydrogen) atoms. The quantitative estimate of drug-likeness (QED) is 0.244. The number of carbonyl (C=O) groups is 1. The monoisotopic (exact) mass is 591 g/mol. The first-order chi connectivity index (χ1) is 18.3. The lowest BCUT2D eigenvalue weighted by molar-refractivity contribution is -0.116. The highest BCUT2D eigenvalue weighted by atomic mass is 79.9. The van der Waals surface area contributed by atoms with Gasteiger partial charge in [0.2, 0.25) is 5.91 Å². The normalized spacial score (nSPS) is 16.9. The second kappa shape index (κ2) is 11.0. The number of benzene rings is 2. The molecule has 0 aliphatic carbocycles. The van der Waals surface area contributed by atoms with E-state index in [9.17, 15) is 9.18 Å². The number of hydrogen-bond acceptors (Lipinski definition) is 3. The Morgan fingerprint density at radius 2 is 1.84 bits per heavy atom. The molecule has 2 aromatic heterocycles. The third-order valence-electron chi connectivity index (χ3n) is 6.81. The molecule has 2 aromatic carbocycles. The van der Waals surface area contributed by atoms with Crippen LogP contribution >= 0.6 is 28.1 Å². The molecule has 1 saturated heterocycles. The Bertz CT molecular complexity index is 1490. The van der Waals surface area contributed by atoms with Crippen LogP contribution in [0.2, 0.25) is 0 Å². The van der Waals surface area contributed by atoms with Gasteiger partial charge >= 0.3 is 0 Å². The van der Waals surface area contributed by atoms with E-state index in [1.807, 2.05) is 41.3 Å². The SMILES string of the molecule is Cc1cc([C@H]2[C@H](c3ccccn3)NC(=S)N2CCC(=O)Nc2ccccc2F)c(C)n1-c1ccccc1Br. The number of halogens is 2. The summed E-state index contributed by atoms with van der Waals surface area (Å²) in [7, 11) is 0. The van der Waals surface area contributed by atoms with Crippen LogP contribution in [0.4, 0.5) is 10.1 Å². The highest BCUT2D eigenvalue weighted by Gasteiger charge is 2.41. The molecule has 6 nitrogen and oxygen atoms in total. The fourth-order valence-electron chi connectivity index (χ4n) is 5.07. The minimum Gasteiger partial charge on any atom is -0.352 e. The largest absolute Gasteiger partial charge is 0.352 e. The molecule has 1 fully saturated rings. The lowest BCUT2D eigenvalue weighted by Gasteiger charge is -2.28. The van der Waals surface area contributed by atoms with Crippen molar-refractivity contribution in [2.24, 2.45) is 0 Å². The van der Waals surface area contributed by atoms with Gasteiger partial charge < -0.3 is 20.1 Å². The molecule has 5 rings (SSSR count). The minimum absolute atomic E-state index is 0.143. The highest BCUT2D eigenvalue weighted by molar-refractivity contribution is 9.10. The third-order valence-corrected chi connectivity index (χ3v) is 7.83. The van der Waals surface area contributed by atoms with Crippen molar-refractivity contribution in [2.75, 3.05) is 11.9 Å². The first kappa shape index (κ1) is 26.1. The zero-order valence-corrected chi connectivity index (χ0v) is 23.4. The van der Waals surface area contributed by atoms with Crippen LogP contribution in [0.1, 0.15) is 41.1 Å². The molecule has 194 valence electrons. The first-order valence-corrected chi connectivity index (χ1v) is 13.5. The number of carbonyl (C=O) groups excluding carboxylic acids is 1. The van der Waals surface area contributed by atoms with Crippen molar-refractivity contribution < 1.29 is 9.18 Å². The van der Waals surface area contributed by atoms with Crippen molar-refractivity contribution >= 4 is 44.9 Å². The summed E-state index contributed by atoms with van der Waals surface area (Å²) >= 11 is 9.47. The van der Waals surface area contributed by atoms with Crippen molar-refractivity contribution in [3.05, 3.63) is 112 Å². The summed E-state index contributed by atoms with van der Waals surface area (Å²) in [6, 6.07) is 21.9. The zero-order valence-electron chi connectivity index (χ0n) is 21.0. The Hall–Kier alpha value is -3.56. The van der Waals surface area contributed by atoms with Crippen LogP contribution in [0.15, 0.2) is 83.5 Å². The van der Waals surface area contributed by atoms with Crippen LogP contribution < -0.4 is 10.6 Å². The molecule has 2 N–H and O–H groups in total. The molecule has 2 atom stereocenters. The van der Waals surface area contributed by atoms with Gasteiger partial charge in [0.05, 0.1) is 29.2 Å². The molecule has 1 aliphatic rings. The Morgan fingerprint density at radius 3 is 2.58 bits per heavy atom. The van der Waals surface area contributed by atoms with E-state index in [0.29, 0.717) is 11.7 Å². The topological polar surface area (TPSA) is 62.2 Å². The van der Waals surface area contributed by atoms with Gasteiger partial charge in [-0.05, 0) is 90.0 Å². The smallest absolute Gasteiger partial charge is 0.226 e. The van der Waals surface area contributed by atoms with Gasteiger partial charge in [0.1, 0.15) is 5.82 Å². The summed E-state index contributed by atoms with van der Waals surface area (Å²) in [5.74, 6) is -0.747. The van der Waals surface area contributed by atoms with E-state index >= 15 is 0 Å². The summed E-state index contributed by atoms with van der Waals surface area (Å²) in [5, 5.41) is 6.67. The van der Waals surface area contributed by atoms with E-state index in [4.69, 9.17) is 12.2 Å². The van der Waals surface area contributed by atoms with Crippen LogP contribution in [-0.2, 0) is 4.79 Å². The van der Waals surface area contributed by atoms with Crippen molar-refractivity contribution in [3.63, 3.8) is 0 Å². The summed E-state index contributed by atoms with van der Waals surface area (Å²) in [6.45, 7) is 4.54. The van der Waals surface area contributed by atoms with Crippen molar-refractivity contribution in [1.82, 2.24) is 19.8 Å². The lowest BCUT2D eigenvalue weighted by atomic mass is 9.96. The molecule has 1 amide bonds. The number of aromatic nitrogens is 2. The van der Waals surface area contributed by atoms with E-state index in [1.165, 1.54) is 6.07 Å². The van der Waals surface area contributed by atoms with Gasteiger partial charge in [-0.1, -0.05) is 30.3 Å². The minimum atomic E-state index is -0.466. The number of nitrogens with zero attached hydrogens (tertiary/aromatic N) is 3.